The van der Waals surface area contributed by atoms with Crippen LogP contribution in [0.3, 0.4) is 0 Å². The summed E-state index contributed by atoms with van der Waals surface area (Å²) in [7, 11) is 0. The van der Waals surface area contributed by atoms with E-state index in [1.165, 1.54) is 0 Å². The van der Waals surface area contributed by atoms with E-state index < -0.39 is 5.97 Å². The molecule has 0 saturated carbocycles. The molecule has 0 aromatic rings. The molecule has 0 saturated heterocycles. The molecule has 0 fully saturated rings. The second-order valence-electron chi connectivity index (χ2n) is 0.519. The quantitative estimate of drug-likeness (QED) is 0.368. The third kappa shape index (κ3) is 142. The summed E-state index contributed by atoms with van der Waals surface area (Å²) < 4.78 is 0. The first kappa shape index (κ1) is 15.9. The van der Waals surface area contributed by atoms with Crippen molar-refractivity contribution in [3.63, 3.8) is 0 Å². The standard InChI is InChI=1S/C2H4O2.2Li.2H/c1-2(3)4;;;;/h1H3,(H,3,4);;;;. The Kier molecular flexibility index (Phi) is 24.4. The molecule has 0 bridgehead atoms. The van der Waals surface area contributed by atoms with Crippen molar-refractivity contribution in [3.05, 3.63) is 0 Å². The molecular formula is C2H6Li2O2. The fourth-order valence-electron chi connectivity index (χ4n) is 0. The molecular weight excluding hydrogens is 69.9 g/mol. The number of aliphatic carboxylic acids is 1. The maximum absolute atomic E-state index is 9.00. The first-order valence-electron chi connectivity index (χ1n) is 0.928. The van der Waals surface area contributed by atoms with Gasteiger partial charge in [-0.2, -0.15) is 0 Å². The summed E-state index contributed by atoms with van der Waals surface area (Å²) in [6.07, 6.45) is 0. The zero-order valence-electron chi connectivity index (χ0n) is 2.36. The van der Waals surface area contributed by atoms with Crippen molar-refractivity contribution < 1.29 is 9.90 Å². The van der Waals surface area contributed by atoms with Gasteiger partial charge in [0.05, 0.1) is 0 Å². The van der Waals surface area contributed by atoms with Crippen LogP contribution in [0, 0.1) is 0 Å². The van der Waals surface area contributed by atoms with Gasteiger partial charge in [0, 0.05) is 6.92 Å². The van der Waals surface area contributed by atoms with E-state index in [-0.39, 0.29) is 37.7 Å². The average molecular weight is 76.0 g/mol. The van der Waals surface area contributed by atoms with Crippen molar-refractivity contribution in [2.45, 2.75) is 6.92 Å². The van der Waals surface area contributed by atoms with Gasteiger partial charge in [0.15, 0.2) is 0 Å². The van der Waals surface area contributed by atoms with Crippen LogP contribution < -0.4 is 0 Å². The van der Waals surface area contributed by atoms with Crippen LogP contribution in [-0.2, 0) is 4.79 Å². The molecule has 4 heteroatoms. The summed E-state index contributed by atoms with van der Waals surface area (Å²) in [4.78, 5) is 9.00. The van der Waals surface area contributed by atoms with Gasteiger partial charge >= 0.3 is 37.7 Å². The minimum absolute atomic E-state index is 0. The van der Waals surface area contributed by atoms with E-state index in [9.17, 15) is 0 Å². The van der Waals surface area contributed by atoms with Gasteiger partial charge < -0.3 is 5.11 Å². The van der Waals surface area contributed by atoms with Gasteiger partial charge in [0.25, 0.3) is 5.97 Å². The Labute approximate surface area is 60.7 Å². The minimum atomic E-state index is -0.833. The summed E-state index contributed by atoms with van der Waals surface area (Å²) >= 11 is 0. The molecule has 2 nitrogen and oxygen atoms in total. The molecule has 0 aliphatic carbocycles. The van der Waals surface area contributed by atoms with E-state index in [4.69, 9.17) is 9.90 Å². The van der Waals surface area contributed by atoms with Crippen molar-refractivity contribution in [2.75, 3.05) is 0 Å². The summed E-state index contributed by atoms with van der Waals surface area (Å²) in [5.41, 5.74) is 0. The zero-order valence-corrected chi connectivity index (χ0v) is 2.36. The van der Waals surface area contributed by atoms with E-state index in [1.54, 1.807) is 0 Å². The maximum atomic E-state index is 9.00. The van der Waals surface area contributed by atoms with Crippen LogP contribution in [0.4, 0.5) is 0 Å². The van der Waals surface area contributed by atoms with Gasteiger partial charge in [0.1, 0.15) is 0 Å². The Morgan fingerprint density at radius 2 is 1.50 bits per heavy atom. The molecule has 0 radical (unpaired) electrons. The molecule has 28 valence electrons. The second-order valence-corrected chi connectivity index (χ2v) is 0.519. The van der Waals surface area contributed by atoms with Crippen LogP contribution in [0.2, 0.25) is 0 Å². The number of hydrogen-bond donors (Lipinski definition) is 1. The molecule has 0 aliphatic heterocycles. The van der Waals surface area contributed by atoms with Gasteiger partial charge in [-0.3, -0.25) is 4.79 Å². The Balaban J connectivity index is -0.0000000450. The first-order chi connectivity index (χ1) is 1.73. The van der Waals surface area contributed by atoms with E-state index >= 15 is 0 Å². The summed E-state index contributed by atoms with van der Waals surface area (Å²) in [6.45, 7) is 1.08. The van der Waals surface area contributed by atoms with Crippen LogP contribution in [0.5, 0.6) is 0 Å². The van der Waals surface area contributed by atoms with Crippen LogP contribution in [-0.4, -0.2) is 48.8 Å². The third-order valence-corrected chi connectivity index (χ3v) is 0. The fourth-order valence-corrected chi connectivity index (χ4v) is 0. The van der Waals surface area contributed by atoms with Crippen LogP contribution in [0.1, 0.15) is 6.92 Å². The summed E-state index contributed by atoms with van der Waals surface area (Å²) in [6, 6.07) is 0. The van der Waals surface area contributed by atoms with Gasteiger partial charge in [-0.15, -0.1) is 0 Å². The molecule has 0 aromatic carbocycles. The number of carboxylic acids is 1. The van der Waals surface area contributed by atoms with Crippen molar-refractivity contribution in [2.24, 2.45) is 0 Å². The first-order valence-corrected chi connectivity index (χ1v) is 0.928. The molecule has 0 aromatic heterocycles. The molecule has 0 rings (SSSR count). The summed E-state index contributed by atoms with van der Waals surface area (Å²) in [5, 5.41) is 7.42. The van der Waals surface area contributed by atoms with E-state index in [2.05, 4.69) is 0 Å². The molecule has 0 spiro atoms. The average Bonchev–Trinajstić information content (AvgIpc) is 0.811. The Morgan fingerprint density at radius 3 is 1.50 bits per heavy atom. The van der Waals surface area contributed by atoms with Crippen molar-refractivity contribution in [1.82, 2.24) is 0 Å². The van der Waals surface area contributed by atoms with E-state index in [1.807, 2.05) is 0 Å². The van der Waals surface area contributed by atoms with Crippen molar-refractivity contribution in [3.8, 4) is 0 Å². The Bertz CT molecular complexity index is 32.5. The molecule has 0 atom stereocenters. The molecule has 6 heavy (non-hydrogen) atoms. The van der Waals surface area contributed by atoms with Gasteiger partial charge in [-0.1, -0.05) is 0 Å². The molecule has 1 N–H and O–H groups in total. The normalized spacial score (nSPS) is 4.17. The molecule has 0 amide bonds. The van der Waals surface area contributed by atoms with Crippen molar-refractivity contribution in [1.29, 1.82) is 0 Å². The predicted octanol–water partition coefficient (Wildman–Crippen LogP) is -1.21. The predicted molar refractivity (Wildman–Crippen MR) is 27.6 cm³/mol. The molecule has 0 aliphatic rings. The monoisotopic (exact) mass is 76.1 g/mol. The van der Waals surface area contributed by atoms with Crippen molar-refractivity contribution >= 4 is 43.7 Å². The third-order valence-electron chi connectivity index (χ3n) is 0. The number of hydrogen-bond acceptors (Lipinski definition) is 1. The van der Waals surface area contributed by atoms with Crippen LogP contribution in [0.15, 0.2) is 0 Å². The van der Waals surface area contributed by atoms with E-state index in [0.717, 1.165) is 6.92 Å². The molecule has 0 unspecified atom stereocenters. The van der Waals surface area contributed by atoms with Crippen LogP contribution >= 0.6 is 0 Å². The Hall–Kier alpha value is 0.665. The second kappa shape index (κ2) is 9.18. The van der Waals surface area contributed by atoms with Gasteiger partial charge in [0.2, 0.25) is 0 Å². The van der Waals surface area contributed by atoms with Crippen LogP contribution in [0.25, 0.3) is 0 Å². The zero-order chi connectivity index (χ0) is 3.58. The topological polar surface area (TPSA) is 37.3 Å². The number of rotatable bonds is 0. The summed E-state index contributed by atoms with van der Waals surface area (Å²) in [5.74, 6) is -0.833. The SMILES string of the molecule is CC(=O)O.[LiH].[LiH]. The van der Waals surface area contributed by atoms with E-state index in [0.29, 0.717) is 0 Å². The Morgan fingerprint density at radius 1 is 1.50 bits per heavy atom. The number of carboxylic acid groups (broad SMARTS) is 1. The van der Waals surface area contributed by atoms with Gasteiger partial charge in [-0.05, 0) is 0 Å². The van der Waals surface area contributed by atoms with Gasteiger partial charge in [-0.25, -0.2) is 0 Å². The molecule has 0 heterocycles. The number of carbonyl (C=O) groups is 1. The fraction of sp³-hybridized carbons (Fsp3) is 0.500.